The number of imidazole rings is 1. The van der Waals surface area contributed by atoms with Crippen LogP contribution in [0.5, 0.6) is 5.75 Å². The SMILES string of the molecule is COc1cc(Nc2nc(-c3cnc4c(c3)CC=C4)cn3ccnc23)ccc1N1CCN(CCO)CC1. The Bertz CT molecular complexity index is 1420. The summed E-state index contributed by atoms with van der Waals surface area (Å²) in [5, 5.41) is 12.7. The zero-order valence-corrected chi connectivity index (χ0v) is 20.3. The van der Waals surface area contributed by atoms with Crippen LogP contribution in [-0.2, 0) is 6.42 Å². The van der Waals surface area contributed by atoms with E-state index < -0.39 is 0 Å². The molecule has 0 amide bonds. The normalized spacial score (nSPS) is 15.4. The van der Waals surface area contributed by atoms with Crippen molar-refractivity contribution >= 4 is 28.9 Å². The highest BCUT2D eigenvalue weighted by Gasteiger charge is 2.20. The monoisotopic (exact) mass is 483 g/mol. The third-order valence-electron chi connectivity index (χ3n) is 6.86. The van der Waals surface area contributed by atoms with Crippen LogP contribution in [0.2, 0.25) is 0 Å². The molecule has 6 rings (SSSR count). The maximum atomic E-state index is 9.21. The molecule has 1 aromatic carbocycles. The van der Waals surface area contributed by atoms with Gasteiger partial charge in [0, 0.05) is 74.8 Å². The van der Waals surface area contributed by atoms with Crippen molar-refractivity contribution in [2.24, 2.45) is 0 Å². The Balaban J connectivity index is 1.28. The van der Waals surface area contributed by atoms with E-state index in [0.717, 1.165) is 78.9 Å². The zero-order valence-electron chi connectivity index (χ0n) is 20.3. The van der Waals surface area contributed by atoms with Crippen LogP contribution >= 0.6 is 0 Å². The number of benzene rings is 1. The highest BCUT2D eigenvalue weighted by atomic mass is 16.5. The first-order valence-corrected chi connectivity index (χ1v) is 12.2. The summed E-state index contributed by atoms with van der Waals surface area (Å²) in [6.45, 7) is 4.55. The highest BCUT2D eigenvalue weighted by molar-refractivity contribution is 5.76. The lowest BCUT2D eigenvalue weighted by atomic mass is 10.1. The first kappa shape index (κ1) is 22.5. The number of anilines is 3. The van der Waals surface area contributed by atoms with Crippen molar-refractivity contribution in [3.8, 4) is 17.0 Å². The van der Waals surface area contributed by atoms with Gasteiger partial charge in [-0.25, -0.2) is 9.97 Å². The molecule has 1 aliphatic carbocycles. The fourth-order valence-electron chi connectivity index (χ4n) is 4.93. The molecule has 4 aromatic rings. The number of rotatable bonds is 7. The smallest absolute Gasteiger partial charge is 0.180 e. The van der Waals surface area contributed by atoms with Gasteiger partial charge in [-0.3, -0.25) is 9.88 Å². The van der Waals surface area contributed by atoms with Gasteiger partial charge >= 0.3 is 0 Å². The van der Waals surface area contributed by atoms with Crippen molar-refractivity contribution in [1.82, 2.24) is 24.3 Å². The van der Waals surface area contributed by atoms with E-state index in [4.69, 9.17) is 9.72 Å². The van der Waals surface area contributed by atoms with E-state index in [1.807, 2.05) is 35.1 Å². The van der Waals surface area contributed by atoms with Gasteiger partial charge in [0.15, 0.2) is 11.5 Å². The van der Waals surface area contributed by atoms with Crippen molar-refractivity contribution in [2.75, 3.05) is 56.7 Å². The average Bonchev–Trinajstić information content (AvgIpc) is 3.58. The number of methoxy groups -OCH3 is 1. The second-order valence-electron chi connectivity index (χ2n) is 9.07. The Morgan fingerprint density at radius 1 is 1.11 bits per heavy atom. The number of ether oxygens (including phenoxy) is 1. The highest BCUT2D eigenvalue weighted by Crippen LogP contribution is 2.34. The summed E-state index contributed by atoms with van der Waals surface area (Å²) >= 11 is 0. The van der Waals surface area contributed by atoms with Gasteiger partial charge in [-0.15, -0.1) is 0 Å². The van der Waals surface area contributed by atoms with E-state index in [9.17, 15) is 5.11 Å². The number of fused-ring (bicyclic) bond motifs is 2. The Kier molecular flexibility index (Phi) is 6.00. The van der Waals surface area contributed by atoms with Gasteiger partial charge in [-0.1, -0.05) is 6.08 Å². The van der Waals surface area contributed by atoms with E-state index in [1.165, 1.54) is 5.56 Å². The van der Waals surface area contributed by atoms with E-state index in [0.29, 0.717) is 5.82 Å². The Morgan fingerprint density at radius 3 is 2.83 bits per heavy atom. The number of β-amino-alcohol motifs (C(OH)–C–C–N with tert-alkyl or cyclic N) is 1. The quantitative estimate of drug-likeness (QED) is 0.414. The van der Waals surface area contributed by atoms with E-state index >= 15 is 0 Å². The van der Waals surface area contributed by atoms with Gasteiger partial charge in [0.25, 0.3) is 0 Å². The average molecular weight is 484 g/mol. The molecule has 1 aliphatic heterocycles. The molecule has 0 bridgehead atoms. The molecule has 0 unspecified atom stereocenters. The third kappa shape index (κ3) is 4.27. The Morgan fingerprint density at radius 2 is 2.00 bits per heavy atom. The first-order chi connectivity index (χ1) is 17.7. The molecule has 9 heteroatoms. The van der Waals surface area contributed by atoms with Crippen LogP contribution < -0.4 is 15.0 Å². The van der Waals surface area contributed by atoms with Crippen LogP contribution in [0.25, 0.3) is 23.0 Å². The van der Waals surface area contributed by atoms with Crippen molar-refractivity contribution < 1.29 is 9.84 Å². The predicted molar refractivity (Wildman–Crippen MR) is 141 cm³/mol. The Labute approximate surface area is 209 Å². The summed E-state index contributed by atoms with van der Waals surface area (Å²) in [4.78, 5) is 18.6. The molecule has 0 radical (unpaired) electrons. The fourth-order valence-corrected chi connectivity index (χ4v) is 4.93. The minimum absolute atomic E-state index is 0.197. The van der Waals surface area contributed by atoms with Crippen LogP contribution in [0.1, 0.15) is 11.3 Å². The summed E-state index contributed by atoms with van der Waals surface area (Å²) in [5.74, 6) is 1.48. The van der Waals surface area contributed by atoms with E-state index in [1.54, 1.807) is 13.3 Å². The summed E-state index contributed by atoms with van der Waals surface area (Å²) in [6.07, 6.45) is 12.7. The summed E-state index contributed by atoms with van der Waals surface area (Å²) in [6, 6.07) is 8.31. The number of allylic oxidation sites excluding steroid dienone is 1. The number of hydrogen-bond acceptors (Lipinski definition) is 8. The van der Waals surface area contributed by atoms with Gasteiger partial charge in [-0.05, 0) is 36.3 Å². The van der Waals surface area contributed by atoms with Crippen LogP contribution in [-0.4, -0.2) is 75.8 Å². The number of nitrogens with one attached hydrogen (secondary N) is 1. The molecule has 0 spiro atoms. The standard InChI is InChI=1S/C27H29N7O2/c1-36-25-16-21(5-6-24(25)33-11-9-32(10-12-33)13-14-35)30-26-27-28-7-8-34(27)18-23(31-26)20-15-19-3-2-4-22(19)29-17-20/h2,4-8,15-18,35H,3,9-14H2,1H3,(H,30,31). The molecular weight excluding hydrogens is 454 g/mol. The predicted octanol–water partition coefficient (Wildman–Crippen LogP) is 3.23. The van der Waals surface area contributed by atoms with Crippen LogP contribution in [0.4, 0.5) is 17.2 Å². The molecule has 184 valence electrons. The lowest BCUT2D eigenvalue weighted by Crippen LogP contribution is -2.47. The third-order valence-corrected chi connectivity index (χ3v) is 6.86. The zero-order chi connectivity index (χ0) is 24.5. The molecule has 0 atom stereocenters. The lowest BCUT2D eigenvalue weighted by Gasteiger charge is -2.36. The lowest BCUT2D eigenvalue weighted by molar-refractivity contribution is 0.188. The first-order valence-electron chi connectivity index (χ1n) is 12.2. The number of nitrogens with zero attached hydrogens (tertiary/aromatic N) is 6. The maximum absolute atomic E-state index is 9.21. The van der Waals surface area contributed by atoms with E-state index in [-0.39, 0.29) is 6.61 Å². The molecule has 2 aliphatic rings. The van der Waals surface area contributed by atoms with Crippen molar-refractivity contribution in [3.05, 3.63) is 66.4 Å². The minimum Gasteiger partial charge on any atom is -0.495 e. The topological polar surface area (TPSA) is 91.0 Å². The van der Waals surface area contributed by atoms with Crippen LogP contribution in [0, 0.1) is 0 Å². The number of aliphatic hydroxyl groups excluding tert-OH is 1. The van der Waals surface area contributed by atoms with Crippen LogP contribution in [0.15, 0.2) is 55.1 Å². The van der Waals surface area contributed by atoms with Crippen molar-refractivity contribution in [2.45, 2.75) is 6.42 Å². The molecular formula is C27H29N7O2. The van der Waals surface area contributed by atoms with Gasteiger partial charge in [-0.2, -0.15) is 0 Å². The van der Waals surface area contributed by atoms with Crippen molar-refractivity contribution in [3.63, 3.8) is 0 Å². The summed E-state index contributed by atoms with van der Waals surface area (Å²) in [7, 11) is 1.70. The number of aromatic nitrogens is 4. The van der Waals surface area contributed by atoms with Gasteiger partial charge < -0.3 is 24.5 Å². The van der Waals surface area contributed by atoms with Crippen molar-refractivity contribution in [1.29, 1.82) is 0 Å². The summed E-state index contributed by atoms with van der Waals surface area (Å²) in [5.41, 5.74) is 6.74. The molecule has 1 saturated heterocycles. The molecule has 9 nitrogen and oxygen atoms in total. The maximum Gasteiger partial charge on any atom is 0.180 e. The molecule has 4 heterocycles. The molecule has 36 heavy (non-hydrogen) atoms. The Hall–Kier alpha value is -3.95. The number of piperazine rings is 1. The number of hydrogen-bond donors (Lipinski definition) is 2. The van der Waals surface area contributed by atoms with Gasteiger partial charge in [0.2, 0.25) is 0 Å². The number of aliphatic hydroxyl groups is 1. The second-order valence-corrected chi connectivity index (χ2v) is 9.07. The molecule has 0 saturated carbocycles. The van der Waals surface area contributed by atoms with Crippen LogP contribution in [0.3, 0.4) is 0 Å². The molecule has 3 aromatic heterocycles. The summed E-state index contributed by atoms with van der Waals surface area (Å²) < 4.78 is 7.75. The fraction of sp³-hybridized carbons (Fsp3) is 0.296. The van der Waals surface area contributed by atoms with Gasteiger partial charge in [0.05, 0.1) is 30.8 Å². The molecule has 2 N–H and O–H groups in total. The molecule has 1 fully saturated rings. The minimum atomic E-state index is 0.197. The second kappa shape index (κ2) is 9.60. The number of pyridine rings is 1. The van der Waals surface area contributed by atoms with E-state index in [2.05, 4.69) is 49.4 Å². The van der Waals surface area contributed by atoms with Gasteiger partial charge in [0.1, 0.15) is 5.75 Å². The largest absolute Gasteiger partial charge is 0.495 e.